The molecule has 1 aromatic carbocycles. The molecule has 1 aliphatic rings. The highest BCUT2D eigenvalue weighted by Crippen LogP contribution is 2.44. The second-order valence-corrected chi connectivity index (χ2v) is 5.82. The van der Waals surface area contributed by atoms with Crippen LogP contribution in [0.5, 0.6) is 5.75 Å². The minimum Gasteiger partial charge on any atom is -0.508 e. The highest BCUT2D eigenvalue weighted by Gasteiger charge is 2.40. The van der Waals surface area contributed by atoms with Gasteiger partial charge in [0.25, 0.3) is 0 Å². The molecule has 1 saturated heterocycles. The van der Waals surface area contributed by atoms with Crippen LogP contribution in [0.15, 0.2) is 24.3 Å². The van der Waals surface area contributed by atoms with Gasteiger partial charge in [-0.1, -0.05) is 25.1 Å². The lowest BCUT2D eigenvalue weighted by molar-refractivity contribution is 0.0380. The summed E-state index contributed by atoms with van der Waals surface area (Å²) in [5.41, 5.74) is 1.30. The molecule has 0 aromatic heterocycles. The molecule has 2 atom stereocenters. The Hall–Kier alpha value is -1.02. The van der Waals surface area contributed by atoms with Gasteiger partial charge in [-0.3, -0.25) is 0 Å². The smallest absolute Gasteiger partial charge is 0.119 e. The summed E-state index contributed by atoms with van der Waals surface area (Å²) < 4.78 is 0. The standard InChI is InChI=1S/C15H23NO/c1-11-12(9-10-16(4)15(11,2)3)13-7-5-6-8-14(13)17/h5-8,11-12,17H,9-10H2,1-4H3. The maximum atomic E-state index is 10.0. The van der Waals surface area contributed by atoms with E-state index in [4.69, 9.17) is 0 Å². The predicted molar refractivity (Wildman–Crippen MR) is 71.3 cm³/mol. The first kappa shape index (κ1) is 12.4. The number of phenolic OH excluding ortho intramolecular Hbond substituents is 1. The third-order valence-electron chi connectivity index (χ3n) is 4.81. The molecule has 2 heteroatoms. The van der Waals surface area contributed by atoms with Gasteiger partial charge in [0.1, 0.15) is 5.75 Å². The van der Waals surface area contributed by atoms with E-state index in [9.17, 15) is 5.11 Å². The van der Waals surface area contributed by atoms with Gasteiger partial charge in [0.05, 0.1) is 0 Å². The number of aromatic hydroxyl groups is 1. The van der Waals surface area contributed by atoms with Crippen LogP contribution in [-0.2, 0) is 0 Å². The molecule has 1 N–H and O–H groups in total. The third-order valence-corrected chi connectivity index (χ3v) is 4.81. The lowest BCUT2D eigenvalue weighted by atomic mass is 9.70. The SMILES string of the molecule is CC1C(c2ccccc2O)CCN(C)C1(C)C. The molecule has 1 heterocycles. The van der Waals surface area contributed by atoms with Crippen LogP contribution in [0.1, 0.15) is 38.7 Å². The van der Waals surface area contributed by atoms with E-state index in [0.717, 1.165) is 18.5 Å². The van der Waals surface area contributed by atoms with Gasteiger partial charge in [-0.25, -0.2) is 0 Å². The maximum Gasteiger partial charge on any atom is 0.119 e. The van der Waals surface area contributed by atoms with Gasteiger partial charge in [-0.2, -0.15) is 0 Å². The van der Waals surface area contributed by atoms with Gasteiger partial charge in [0, 0.05) is 5.54 Å². The van der Waals surface area contributed by atoms with Crippen LogP contribution in [0.3, 0.4) is 0 Å². The summed E-state index contributed by atoms with van der Waals surface area (Å²) in [7, 11) is 2.19. The summed E-state index contributed by atoms with van der Waals surface area (Å²) in [6, 6.07) is 7.78. The Morgan fingerprint density at radius 3 is 2.59 bits per heavy atom. The topological polar surface area (TPSA) is 23.5 Å². The number of phenols is 1. The number of nitrogens with zero attached hydrogens (tertiary/aromatic N) is 1. The van der Waals surface area contributed by atoms with E-state index >= 15 is 0 Å². The van der Waals surface area contributed by atoms with E-state index in [2.05, 4.69) is 38.8 Å². The Morgan fingerprint density at radius 1 is 1.29 bits per heavy atom. The van der Waals surface area contributed by atoms with Crippen molar-refractivity contribution in [2.45, 2.75) is 38.6 Å². The highest BCUT2D eigenvalue weighted by atomic mass is 16.3. The lowest BCUT2D eigenvalue weighted by Gasteiger charge is -2.49. The molecular formula is C15H23NO. The zero-order valence-corrected chi connectivity index (χ0v) is 11.3. The Kier molecular flexibility index (Phi) is 3.17. The summed E-state index contributed by atoms with van der Waals surface area (Å²) in [4.78, 5) is 2.42. The Balaban J connectivity index is 2.32. The fourth-order valence-corrected chi connectivity index (χ4v) is 2.94. The monoisotopic (exact) mass is 233 g/mol. The molecule has 0 aliphatic carbocycles. The number of para-hydroxylation sites is 1. The second kappa shape index (κ2) is 4.34. The Labute approximate surface area is 104 Å². The second-order valence-electron chi connectivity index (χ2n) is 5.82. The van der Waals surface area contributed by atoms with Crippen molar-refractivity contribution in [2.24, 2.45) is 5.92 Å². The van der Waals surface area contributed by atoms with Crippen LogP contribution < -0.4 is 0 Å². The molecule has 0 spiro atoms. The number of hydrogen-bond donors (Lipinski definition) is 1. The molecule has 0 saturated carbocycles. The molecule has 2 rings (SSSR count). The highest BCUT2D eigenvalue weighted by molar-refractivity contribution is 5.36. The summed E-state index contributed by atoms with van der Waals surface area (Å²) in [5, 5.41) is 10.0. The van der Waals surface area contributed by atoms with E-state index in [1.807, 2.05) is 12.1 Å². The van der Waals surface area contributed by atoms with Gasteiger partial charge in [-0.15, -0.1) is 0 Å². The van der Waals surface area contributed by atoms with Gasteiger partial charge in [-0.05, 0) is 57.3 Å². The summed E-state index contributed by atoms with van der Waals surface area (Å²) >= 11 is 0. The zero-order valence-electron chi connectivity index (χ0n) is 11.3. The summed E-state index contributed by atoms with van der Waals surface area (Å²) in [6.07, 6.45) is 1.12. The number of piperidine rings is 1. The zero-order chi connectivity index (χ0) is 12.6. The molecule has 0 amide bonds. The van der Waals surface area contributed by atoms with Crippen molar-refractivity contribution in [3.05, 3.63) is 29.8 Å². The van der Waals surface area contributed by atoms with Crippen molar-refractivity contribution >= 4 is 0 Å². The van der Waals surface area contributed by atoms with E-state index in [1.54, 1.807) is 6.07 Å². The van der Waals surface area contributed by atoms with Crippen LogP contribution in [0, 0.1) is 5.92 Å². The average Bonchev–Trinajstić information content (AvgIpc) is 2.29. The Bertz CT molecular complexity index is 400. The molecule has 17 heavy (non-hydrogen) atoms. The van der Waals surface area contributed by atoms with Crippen LogP contribution in [-0.4, -0.2) is 29.1 Å². The minimum atomic E-state index is 0.186. The molecule has 2 unspecified atom stereocenters. The van der Waals surface area contributed by atoms with Crippen molar-refractivity contribution < 1.29 is 5.11 Å². The molecule has 0 bridgehead atoms. The van der Waals surface area contributed by atoms with Crippen LogP contribution in [0.2, 0.25) is 0 Å². The summed E-state index contributed by atoms with van der Waals surface area (Å²) in [5.74, 6) is 1.45. The quantitative estimate of drug-likeness (QED) is 0.805. The number of rotatable bonds is 1. The molecule has 1 aromatic rings. The molecule has 1 fully saturated rings. The lowest BCUT2D eigenvalue weighted by Crippen LogP contribution is -2.52. The molecule has 94 valence electrons. The van der Waals surface area contributed by atoms with Gasteiger partial charge in [0.15, 0.2) is 0 Å². The van der Waals surface area contributed by atoms with Crippen molar-refractivity contribution in [3.8, 4) is 5.75 Å². The van der Waals surface area contributed by atoms with Crippen molar-refractivity contribution in [1.82, 2.24) is 4.90 Å². The van der Waals surface area contributed by atoms with Crippen molar-refractivity contribution in [3.63, 3.8) is 0 Å². The van der Waals surface area contributed by atoms with E-state index in [1.165, 1.54) is 0 Å². The minimum absolute atomic E-state index is 0.186. The van der Waals surface area contributed by atoms with Crippen LogP contribution >= 0.6 is 0 Å². The first-order chi connectivity index (χ1) is 7.94. The largest absolute Gasteiger partial charge is 0.508 e. The maximum absolute atomic E-state index is 10.0. The van der Waals surface area contributed by atoms with Gasteiger partial charge >= 0.3 is 0 Å². The van der Waals surface area contributed by atoms with Crippen molar-refractivity contribution in [2.75, 3.05) is 13.6 Å². The van der Waals surface area contributed by atoms with Crippen LogP contribution in [0.25, 0.3) is 0 Å². The molecule has 2 nitrogen and oxygen atoms in total. The van der Waals surface area contributed by atoms with E-state index in [0.29, 0.717) is 17.6 Å². The summed E-state index contributed by atoms with van der Waals surface area (Å²) in [6.45, 7) is 7.98. The third kappa shape index (κ3) is 2.06. The van der Waals surface area contributed by atoms with Crippen LogP contribution in [0.4, 0.5) is 0 Å². The molecule has 0 radical (unpaired) electrons. The number of hydrogen-bond acceptors (Lipinski definition) is 2. The van der Waals surface area contributed by atoms with Crippen molar-refractivity contribution in [1.29, 1.82) is 0 Å². The number of likely N-dealkylation sites (tertiary alicyclic amines) is 1. The van der Waals surface area contributed by atoms with E-state index in [-0.39, 0.29) is 5.54 Å². The van der Waals surface area contributed by atoms with E-state index < -0.39 is 0 Å². The molecular weight excluding hydrogens is 210 g/mol. The van der Waals surface area contributed by atoms with Gasteiger partial charge < -0.3 is 10.0 Å². The van der Waals surface area contributed by atoms with Gasteiger partial charge in [0.2, 0.25) is 0 Å². The first-order valence-corrected chi connectivity index (χ1v) is 6.43. The number of benzene rings is 1. The molecule has 1 aliphatic heterocycles. The average molecular weight is 233 g/mol. The first-order valence-electron chi connectivity index (χ1n) is 6.43. The fraction of sp³-hybridized carbons (Fsp3) is 0.600. The Morgan fingerprint density at radius 2 is 1.94 bits per heavy atom. The normalized spacial score (nSPS) is 29.2. The predicted octanol–water partition coefficient (Wildman–Crippen LogP) is 3.23. The fourth-order valence-electron chi connectivity index (χ4n) is 2.94.